The average molecular weight is 1840 g/mol. The fourth-order valence-corrected chi connectivity index (χ4v) is 23.4. The Balaban J connectivity index is 0.000000103. The Kier molecular flexibility index (Phi) is 19.2. The number of nitrogens with zero attached hydrogens (tertiary/aromatic N) is 9. The van der Waals surface area contributed by atoms with E-state index in [1.54, 1.807) is 0 Å². The number of aromatic nitrogens is 9. The molecule has 9 nitrogen and oxygen atoms in total. The minimum Gasteiger partial charge on any atom is -0.309 e. The van der Waals surface area contributed by atoms with Crippen LogP contribution in [0.1, 0.15) is 0 Å². The number of rotatable bonds is 9. The van der Waals surface area contributed by atoms with E-state index < -0.39 is 0 Å². The highest BCUT2D eigenvalue weighted by Crippen LogP contribution is 2.52. The molecule has 9 aromatic heterocycles. The number of pyridine rings is 6. The van der Waals surface area contributed by atoms with E-state index in [0.717, 1.165) is 104 Å². The van der Waals surface area contributed by atoms with Gasteiger partial charge in [-0.05, 0) is 233 Å². The lowest BCUT2D eigenvalue weighted by Gasteiger charge is -2.20. The van der Waals surface area contributed by atoms with Gasteiger partial charge in [0.1, 0.15) is 0 Å². The molecule has 0 fully saturated rings. The molecule has 0 bridgehead atoms. The molecule has 672 valence electrons. The second kappa shape index (κ2) is 33.7. The van der Waals surface area contributed by atoms with Gasteiger partial charge in [-0.2, -0.15) is 0 Å². The minimum absolute atomic E-state index is 0.926. The molecule has 0 radical (unpaired) electrons. The normalized spacial score (nSPS) is 11.9. The van der Waals surface area contributed by atoms with Crippen LogP contribution in [0.15, 0.2) is 504 Å². The Morgan fingerprint density at radius 3 is 0.869 bits per heavy atom. The van der Waals surface area contributed by atoms with Gasteiger partial charge in [-0.25, -0.2) is 15.0 Å². The predicted molar refractivity (Wildman–Crippen MR) is 609 cm³/mol. The van der Waals surface area contributed by atoms with Gasteiger partial charge in [-0.3, -0.25) is 15.0 Å². The average Bonchev–Trinajstić information content (AvgIpc) is 0.788. The summed E-state index contributed by atoms with van der Waals surface area (Å²) in [7, 11) is 0. The Morgan fingerprint density at radius 1 is 0.138 bits per heavy atom. The molecule has 0 aliphatic carbocycles. The van der Waals surface area contributed by atoms with E-state index >= 15 is 0 Å². The molecule has 0 saturated heterocycles. The Hall–Kier alpha value is -19.5. The molecule has 9 heterocycles. The summed E-state index contributed by atoms with van der Waals surface area (Å²) in [6.07, 6.45) is 5.58. The Morgan fingerprint density at radius 2 is 0.414 bits per heavy atom. The maximum atomic E-state index is 5.23. The van der Waals surface area contributed by atoms with Crippen LogP contribution >= 0.6 is 0 Å². The zero-order valence-corrected chi connectivity index (χ0v) is 78.4. The minimum atomic E-state index is 0.926. The van der Waals surface area contributed by atoms with Crippen LogP contribution < -0.4 is 0 Å². The lowest BCUT2D eigenvalue weighted by atomic mass is 9.83. The molecule has 9 heteroatoms. The number of benzene rings is 22. The molecule has 0 N–H and O–H groups in total. The molecule has 0 aliphatic rings. The molecule has 0 aliphatic heterocycles. The standard InChI is InChI=1S/C48H29N3.2C44H27N3/c1-2-14-32(15-3-1)51-42-23-11-9-16-33(42)40-29-31(25-27-43(40)51)44-34-17-4-6-19-36(34)45(37-20-7-5-18-35(37)44)46-38-21-8-10-22-41(38)50-48-39(46)26-24-30-13-12-28-49-47(30)48;1-2-10-34(11-3-1)47-40-15-7-5-12-35(40)38-27-32(21-23-41(38)47)30-16-17-31-26-33(19-18-29(31)25-30)42-36-13-4-6-14-39(36)46-44-37(42)22-20-28-9-8-24-45-43(28)44;1-2-12-30(13-3-1)47-40-19-9-7-16-34(40)38-27-29(21-25-41(38)47)31-23-24-35(33-15-5-4-14-32(31)33)42-36-17-6-8-18-39(36)46-44-37(42)22-20-28-11-10-26-45-43(28)44/h1-29H;2*1-27H. The van der Waals surface area contributed by atoms with Gasteiger partial charge in [0.15, 0.2) is 0 Å². The van der Waals surface area contributed by atoms with E-state index in [-0.39, 0.29) is 0 Å². The van der Waals surface area contributed by atoms with Crippen LogP contribution in [0.2, 0.25) is 0 Å². The van der Waals surface area contributed by atoms with Gasteiger partial charge in [-0.1, -0.05) is 346 Å². The van der Waals surface area contributed by atoms with Crippen LogP contribution in [0.4, 0.5) is 0 Å². The third-order valence-corrected chi connectivity index (χ3v) is 29.8. The maximum Gasteiger partial charge on any atom is 0.0978 e. The fourth-order valence-electron chi connectivity index (χ4n) is 23.4. The van der Waals surface area contributed by atoms with Crippen molar-refractivity contribution in [3.63, 3.8) is 0 Å². The van der Waals surface area contributed by atoms with Crippen molar-refractivity contribution < 1.29 is 0 Å². The first kappa shape index (κ1) is 82.6. The molecule has 31 rings (SSSR count). The molecular formula is C136H83N9. The largest absolute Gasteiger partial charge is 0.309 e. The van der Waals surface area contributed by atoms with Crippen molar-refractivity contribution in [1.82, 2.24) is 43.6 Å². The van der Waals surface area contributed by atoms with Gasteiger partial charge in [0.05, 0.1) is 82.8 Å². The maximum absolute atomic E-state index is 5.23. The van der Waals surface area contributed by atoms with Crippen LogP contribution in [0.3, 0.4) is 0 Å². The van der Waals surface area contributed by atoms with Crippen LogP contribution in [0, 0.1) is 0 Å². The molecule has 0 unspecified atom stereocenters. The topological polar surface area (TPSA) is 92.1 Å². The van der Waals surface area contributed by atoms with E-state index in [1.807, 2.05) is 36.8 Å². The van der Waals surface area contributed by atoms with Crippen LogP contribution in [-0.2, 0) is 0 Å². The smallest absolute Gasteiger partial charge is 0.0978 e. The summed E-state index contributed by atoms with van der Waals surface area (Å²) in [6.45, 7) is 0. The van der Waals surface area contributed by atoms with Crippen molar-refractivity contribution in [2.24, 2.45) is 0 Å². The molecule has 145 heavy (non-hydrogen) atoms. The summed E-state index contributed by atoms with van der Waals surface area (Å²) in [6, 6.07) is 175. The molecular weight excluding hydrogens is 1760 g/mol. The molecule has 0 saturated carbocycles. The van der Waals surface area contributed by atoms with Crippen molar-refractivity contribution in [2.75, 3.05) is 0 Å². The molecule has 22 aromatic carbocycles. The number of fused-ring (bicyclic) bond motifs is 25. The van der Waals surface area contributed by atoms with Gasteiger partial charge in [0.25, 0.3) is 0 Å². The van der Waals surface area contributed by atoms with Crippen molar-refractivity contribution in [1.29, 1.82) is 0 Å². The molecule has 0 spiro atoms. The number of para-hydroxylation sites is 9. The summed E-state index contributed by atoms with van der Waals surface area (Å²) in [5, 5.41) is 27.3. The van der Waals surface area contributed by atoms with E-state index in [4.69, 9.17) is 29.9 Å². The lowest BCUT2D eigenvalue weighted by molar-refractivity contribution is 1.18. The third-order valence-electron chi connectivity index (χ3n) is 29.8. The van der Waals surface area contributed by atoms with Crippen LogP contribution in [0.5, 0.6) is 0 Å². The zero-order chi connectivity index (χ0) is 95.3. The highest BCUT2D eigenvalue weighted by molar-refractivity contribution is 6.30. The zero-order valence-electron chi connectivity index (χ0n) is 78.4. The third kappa shape index (κ3) is 13.4. The quantitative estimate of drug-likeness (QED) is 0.106. The molecule has 0 amide bonds. The Labute approximate surface area is 832 Å². The van der Waals surface area contributed by atoms with Crippen molar-refractivity contribution in [3.05, 3.63) is 504 Å². The van der Waals surface area contributed by atoms with Gasteiger partial charge < -0.3 is 13.7 Å². The summed E-state index contributed by atoms with van der Waals surface area (Å²) in [5.74, 6) is 0. The first-order chi connectivity index (χ1) is 72.0. The predicted octanol–water partition coefficient (Wildman–Crippen LogP) is 35.7. The SMILES string of the molecule is c1ccc(-n2c3ccccc3c3cc(-c4c5ccccc5c(-c5c6ccccc6nc6c5ccc5cccnc56)c5ccccc45)ccc32)cc1.c1ccc(-n2c3ccccc3c3cc(-c4ccc(-c5c6ccccc6nc6c5ccc5cccnc56)c5ccccc45)ccc32)cc1.c1ccc(-n2c3ccccc3c3cc(-c4ccc5cc(-c6c7ccccc7nc7c6ccc6cccnc67)ccc5c4)ccc32)cc1. The van der Waals surface area contributed by atoms with Gasteiger partial charge in [-0.15, -0.1) is 0 Å². The van der Waals surface area contributed by atoms with Crippen LogP contribution in [-0.4, -0.2) is 43.6 Å². The van der Waals surface area contributed by atoms with E-state index in [2.05, 4.69) is 481 Å². The molecule has 31 aromatic rings. The first-order valence-corrected chi connectivity index (χ1v) is 49.4. The molecule has 0 atom stereocenters. The summed E-state index contributed by atoms with van der Waals surface area (Å²) in [5.41, 5.74) is 33.8. The summed E-state index contributed by atoms with van der Waals surface area (Å²) >= 11 is 0. The van der Waals surface area contributed by atoms with Gasteiger partial charge in [0.2, 0.25) is 0 Å². The summed E-state index contributed by atoms with van der Waals surface area (Å²) in [4.78, 5) is 29.8. The van der Waals surface area contributed by atoms with E-state index in [1.165, 1.54) is 187 Å². The Bertz CT molecular complexity index is 10800. The summed E-state index contributed by atoms with van der Waals surface area (Å²) < 4.78 is 7.11. The van der Waals surface area contributed by atoms with Crippen molar-refractivity contribution in [3.8, 4) is 83.8 Å². The lowest BCUT2D eigenvalue weighted by Crippen LogP contribution is -1.95. The van der Waals surface area contributed by atoms with Crippen LogP contribution in [0.25, 0.3) is 290 Å². The number of hydrogen-bond donors (Lipinski definition) is 0. The van der Waals surface area contributed by atoms with Crippen molar-refractivity contribution >= 4 is 207 Å². The monoisotopic (exact) mass is 1840 g/mol. The van der Waals surface area contributed by atoms with Gasteiger partial charge >= 0.3 is 0 Å². The van der Waals surface area contributed by atoms with Crippen molar-refractivity contribution in [2.45, 2.75) is 0 Å². The van der Waals surface area contributed by atoms with E-state index in [0.29, 0.717) is 0 Å². The number of hydrogen-bond acceptors (Lipinski definition) is 6. The second-order valence-corrected chi connectivity index (χ2v) is 37.7. The van der Waals surface area contributed by atoms with Gasteiger partial charge in [0, 0.05) is 133 Å². The first-order valence-electron chi connectivity index (χ1n) is 49.4. The second-order valence-electron chi connectivity index (χ2n) is 37.7. The highest BCUT2D eigenvalue weighted by Gasteiger charge is 2.27. The highest BCUT2D eigenvalue weighted by atomic mass is 15.0. The van der Waals surface area contributed by atoms with E-state index in [9.17, 15) is 0 Å². The fraction of sp³-hybridized carbons (Fsp3) is 0.